The maximum Gasteiger partial charge on any atom is 0.226 e. The first kappa shape index (κ1) is 13.3. The molecule has 1 N–H and O–H groups in total. The molecule has 0 bridgehead atoms. The number of aromatic nitrogens is 2. The highest BCUT2D eigenvalue weighted by Crippen LogP contribution is 2.10. The first-order valence-electron chi connectivity index (χ1n) is 6.22. The fraction of sp³-hybridized carbons (Fsp3) is 0.286. The molecule has 2 heterocycles. The monoisotopic (exact) mass is 259 g/mol. The van der Waals surface area contributed by atoms with Gasteiger partial charge in [0, 0.05) is 19.2 Å². The van der Waals surface area contributed by atoms with Crippen molar-refractivity contribution in [2.24, 2.45) is 0 Å². The molecule has 0 spiro atoms. The second-order valence-corrected chi connectivity index (χ2v) is 4.09. The summed E-state index contributed by atoms with van der Waals surface area (Å²) in [7, 11) is 0. The van der Waals surface area contributed by atoms with E-state index in [0.29, 0.717) is 32.0 Å². The number of nitrogens with one attached hydrogen (secondary N) is 1. The van der Waals surface area contributed by atoms with Crippen molar-refractivity contribution < 1.29 is 9.53 Å². The quantitative estimate of drug-likeness (QED) is 0.613. The third kappa shape index (κ3) is 3.66. The molecule has 0 unspecified atom stereocenters. The molecule has 0 aromatic carbocycles. The van der Waals surface area contributed by atoms with Crippen molar-refractivity contribution in [3.63, 3.8) is 0 Å². The van der Waals surface area contributed by atoms with Crippen molar-refractivity contribution in [3.05, 3.63) is 43.2 Å². The molecule has 0 fully saturated rings. The molecule has 19 heavy (non-hydrogen) atoms. The summed E-state index contributed by atoms with van der Waals surface area (Å²) in [6.45, 7) is 4.63. The van der Waals surface area contributed by atoms with Crippen LogP contribution in [0, 0.1) is 0 Å². The number of hydrogen-bond acceptors (Lipinski definition) is 3. The van der Waals surface area contributed by atoms with Gasteiger partial charge in [0.2, 0.25) is 11.9 Å². The van der Waals surface area contributed by atoms with Crippen molar-refractivity contribution >= 4 is 17.4 Å². The Morgan fingerprint density at radius 3 is 3.26 bits per heavy atom. The molecule has 0 radical (unpaired) electrons. The van der Waals surface area contributed by atoms with Crippen LogP contribution < -0.4 is 5.32 Å². The number of carbonyl (C=O) groups excluding carboxylic acids is 1. The van der Waals surface area contributed by atoms with Crippen LogP contribution in [-0.4, -0.2) is 28.5 Å². The molecule has 2 aromatic heterocycles. The zero-order valence-electron chi connectivity index (χ0n) is 10.7. The van der Waals surface area contributed by atoms with E-state index in [9.17, 15) is 4.79 Å². The predicted molar refractivity (Wildman–Crippen MR) is 74.1 cm³/mol. The van der Waals surface area contributed by atoms with E-state index >= 15 is 0 Å². The molecule has 0 aliphatic carbocycles. The fourth-order valence-electron chi connectivity index (χ4n) is 1.73. The molecule has 5 heteroatoms. The Labute approximate surface area is 111 Å². The van der Waals surface area contributed by atoms with Gasteiger partial charge in [-0.3, -0.25) is 14.5 Å². The first-order valence-corrected chi connectivity index (χ1v) is 6.22. The number of rotatable bonds is 7. The lowest BCUT2D eigenvalue weighted by atomic mass is 10.3. The van der Waals surface area contributed by atoms with E-state index in [1.54, 1.807) is 12.3 Å². The van der Waals surface area contributed by atoms with E-state index in [4.69, 9.17) is 4.74 Å². The van der Waals surface area contributed by atoms with Crippen LogP contribution in [0.3, 0.4) is 0 Å². The average molecular weight is 259 g/mol. The Balaban J connectivity index is 1.83. The lowest BCUT2D eigenvalue weighted by molar-refractivity contribution is -0.116. The van der Waals surface area contributed by atoms with Crippen molar-refractivity contribution in [1.29, 1.82) is 0 Å². The molecular weight excluding hydrogens is 242 g/mol. The molecule has 0 saturated heterocycles. The topological polar surface area (TPSA) is 55.6 Å². The minimum absolute atomic E-state index is 0.0569. The summed E-state index contributed by atoms with van der Waals surface area (Å²) in [4.78, 5) is 15.9. The van der Waals surface area contributed by atoms with Crippen LogP contribution in [-0.2, 0) is 9.53 Å². The maximum atomic E-state index is 11.7. The van der Waals surface area contributed by atoms with Gasteiger partial charge < -0.3 is 4.74 Å². The third-order valence-corrected chi connectivity index (χ3v) is 2.62. The summed E-state index contributed by atoms with van der Waals surface area (Å²) in [5.74, 6) is 0.492. The van der Waals surface area contributed by atoms with Gasteiger partial charge in [0.1, 0.15) is 0 Å². The van der Waals surface area contributed by atoms with Gasteiger partial charge in [0.05, 0.1) is 18.3 Å². The van der Waals surface area contributed by atoms with Crippen LogP contribution in [0.15, 0.2) is 43.2 Å². The van der Waals surface area contributed by atoms with E-state index in [1.165, 1.54) is 0 Å². The Bertz CT molecular complexity index is 563. The van der Waals surface area contributed by atoms with Crippen LogP contribution in [0.2, 0.25) is 0 Å². The second-order valence-electron chi connectivity index (χ2n) is 4.09. The van der Waals surface area contributed by atoms with Gasteiger partial charge in [-0.05, 0) is 18.6 Å². The minimum atomic E-state index is -0.0569. The van der Waals surface area contributed by atoms with Crippen molar-refractivity contribution in [2.45, 2.75) is 12.8 Å². The average Bonchev–Trinajstić information content (AvgIpc) is 2.82. The molecule has 5 nitrogen and oxygen atoms in total. The van der Waals surface area contributed by atoms with Gasteiger partial charge in [-0.1, -0.05) is 12.1 Å². The fourth-order valence-corrected chi connectivity index (χ4v) is 1.73. The van der Waals surface area contributed by atoms with Crippen LogP contribution >= 0.6 is 0 Å². The number of nitrogens with zero attached hydrogens (tertiary/aromatic N) is 2. The van der Waals surface area contributed by atoms with Crippen LogP contribution in [0.1, 0.15) is 12.8 Å². The van der Waals surface area contributed by atoms with Gasteiger partial charge in [-0.15, -0.1) is 6.58 Å². The molecule has 0 aliphatic heterocycles. The molecule has 2 rings (SSSR count). The first-order chi connectivity index (χ1) is 9.31. The summed E-state index contributed by atoms with van der Waals surface area (Å²) in [6.07, 6.45) is 6.38. The van der Waals surface area contributed by atoms with E-state index in [-0.39, 0.29) is 5.91 Å². The minimum Gasteiger partial charge on any atom is -0.377 e. The molecule has 1 amide bonds. The number of amides is 1. The smallest absolute Gasteiger partial charge is 0.226 e. The van der Waals surface area contributed by atoms with Crippen LogP contribution in [0.5, 0.6) is 0 Å². The molecule has 0 atom stereocenters. The number of imidazole rings is 1. The summed E-state index contributed by atoms with van der Waals surface area (Å²) in [5, 5.41) is 2.79. The zero-order valence-corrected chi connectivity index (χ0v) is 10.7. The number of anilines is 1. The Morgan fingerprint density at radius 1 is 1.53 bits per heavy atom. The highest BCUT2D eigenvalue weighted by Gasteiger charge is 2.07. The Kier molecular flexibility index (Phi) is 4.69. The normalized spacial score (nSPS) is 10.5. The maximum absolute atomic E-state index is 11.7. The van der Waals surface area contributed by atoms with Gasteiger partial charge in [0.15, 0.2) is 0 Å². The van der Waals surface area contributed by atoms with Crippen LogP contribution in [0.4, 0.5) is 5.95 Å². The van der Waals surface area contributed by atoms with Gasteiger partial charge in [-0.25, -0.2) is 4.98 Å². The van der Waals surface area contributed by atoms with E-state index < -0.39 is 0 Å². The van der Waals surface area contributed by atoms with Gasteiger partial charge in [-0.2, -0.15) is 0 Å². The standard InChI is InChI=1S/C14H17N3O2/c1-2-9-19-10-5-7-13(18)16-14-15-11-12-6-3-4-8-17(12)14/h2-4,6,8,11H,1,5,7,9-10H2,(H,15,16,18). The highest BCUT2D eigenvalue weighted by atomic mass is 16.5. The number of fused-ring (bicyclic) bond motifs is 1. The Hall–Kier alpha value is -2.14. The second kappa shape index (κ2) is 6.70. The summed E-state index contributed by atoms with van der Waals surface area (Å²) >= 11 is 0. The summed E-state index contributed by atoms with van der Waals surface area (Å²) in [5.41, 5.74) is 0.951. The Morgan fingerprint density at radius 2 is 2.42 bits per heavy atom. The number of pyridine rings is 1. The lowest BCUT2D eigenvalue weighted by Gasteiger charge is -2.04. The summed E-state index contributed by atoms with van der Waals surface area (Å²) in [6, 6.07) is 5.76. The third-order valence-electron chi connectivity index (χ3n) is 2.62. The van der Waals surface area contributed by atoms with E-state index in [2.05, 4.69) is 16.9 Å². The highest BCUT2D eigenvalue weighted by molar-refractivity contribution is 5.89. The SMILES string of the molecule is C=CCOCCCC(=O)Nc1ncc2ccccn12. The summed E-state index contributed by atoms with van der Waals surface area (Å²) < 4.78 is 7.06. The molecule has 0 saturated carbocycles. The molecule has 100 valence electrons. The van der Waals surface area contributed by atoms with Crippen LogP contribution in [0.25, 0.3) is 5.52 Å². The van der Waals surface area contributed by atoms with Crippen molar-refractivity contribution in [2.75, 3.05) is 18.5 Å². The van der Waals surface area contributed by atoms with Gasteiger partial charge in [0.25, 0.3) is 0 Å². The number of carbonyl (C=O) groups is 1. The van der Waals surface area contributed by atoms with Crippen molar-refractivity contribution in [3.8, 4) is 0 Å². The molecular formula is C14H17N3O2. The predicted octanol–water partition coefficient (Wildman–Crippen LogP) is 2.26. The zero-order chi connectivity index (χ0) is 13.5. The van der Waals surface area contributed by atoms with Gasteiger partial charge >= 0.3 is 0 Å². The largest absolute Gasteiger partial charge is 0.377 e. The molecule has 0 aliphatic rings. The molecule has 2 aromatic rings. The van der Waals surface area contributed by atoms with Crippen molar-refractivity contribution in [1.82, 2.24) is 9.38 Å². The number of ether oxygens (including phenoxy) is 1. The number of hydrogen-bond donors (Lipinski definition) is 1. The van der Waals surface area contributed by atoms with E-state index in [0.717, 1.165) is 5.52 Å². The van der Waals surface area contributed by atoms with E-state index in [1.807, 2.05) is 28.8 Å². The lowest BCUT2D eigenvalue weighted by Crippen LogP contribution is -2.14.